The number of carbonyl (C=O) groups is 2. The second-order valence-corrected chi connectivity index (χ2v) is 5.81. The highest BCUT2D eigenvalue weighted by Gasteiger charge is 2.10. The van der Waals surface area contributed by atoms with Crippen molar-refractivity contribution < 1.29 is 14.7 Å². The SMILES string of the molecule is O=C(Nc1ccc(-c2ccc(C(=O)O)s2)nc1)c1ccccc1. The number of amides is 1. The van der Waals surface area contributed by atoms with Crippen LogP contribution in [0.1, 0.15) is 20.0 Å². The minimum atomic E-state index is -0.951. The molecule has 0 aliphatic rings. The molecule has 2 aromatic heterocycles. The number of benzene rings is 1. The van der Waals surface area contributed by atoms with Crippen LogP contribution in [-0.4, -0.2) is 22.0 Å². The van der Waals surface area contributed by atoms with Crippen molar-refractivity contribution in [1.29, 1.82) is 0 Å². The van der Waals surface area contributed by atoms with Gasteiger partial charge in [-0.25, -0.2) is 4.79 Å². The van der Waals surface area contributed by atoms with E-state index in [1.807, 2.05) is 6.07 Å². The average molecular weight is 324 g/mol. The average Bonchev–Trinajstić information content (AvgIpc) is 3.07. The standard InChI is InChI=1S/C17H12N2O3S/c20-16(11-4-2-1-3-5-11)19-12-6-7-13(18-10-12)14-8-9-15(23-14)17(21)22/h1-10H,(H,19,20)(H,21,22). The lowest BCUT2D eigenvalue weighted by Crippen LogP contribution is -2.11. The van der Waals surface area contributed by atoms with E-state index in [4.69, 9.17) is 5.11 Å². The number of carboxylic acids is 1. The Balaban J connectivity index is 1.74. The molecule has 0 spiro atoms. The molecule has 1 amide bonds. The van der Waals surface area contributed by atoms with Crippen molar-refractivity contribution in [3.05, 3.63) is 71.2 Å². The van der Waals surface area contributed by atoms with Gasteiger partial charge in [0.2, 0.25) is 0 Å². The molecule has 2 N–H and O–H groups in total. The molecule has 0 saturated carbocycles. The van der Waals surface area contributed by atoms with Gasteiger partial charge in [0, 0.05) is 5.56 Å². The molecule has 3 rings (SSSR count). The zero-order chi connectivity index (χ0) is 16.2. The lowest BCUT2D eigenvalue weighted by molar-refractivity contribution is 0.0702. The summed E-state index contributed by atoms with van der Waals surface area (Å²) in [4.78, 5) is 28.2. The molecule has 0 saturated heterocycles. The number of nitrogens with zero attached hydrogens (tertiary/aromatic N) is 1. The Kier molecular flexibility index (Phi) is 4.16. The number of aromatic carboxylic acids is 1. The van der Waals surface area contributed by atoms with Crippen LogP contribution in [-0.2, 0) is 0 Å². The Morgan fingerprint density at radius 2 is 1.78 bits per heavy atom. The molecule has 5 nitrogen and oxygen atoms in total. The Bertz CT molecular complexity index is 842. The maximum Gasteiger partial charge on any atom is 0.345 e. The van der Waals surface area contributed by atoms with Crippen LogP contribution >= 0.6 is 11.3 Å². The van der Waals surface area contributed by atoms with Crippen molar-refractivity contribution in [1.82, 2.24) is 4.98 Å². The van der Waals surface area contributed by atoms with Gasteiger partial charge in [0.1, 0.15) is 4.88 Å². The molecule has 0 fully saturated rings. The van der Waals surface area contributed by atoms with E-state index in [1.54, 1.807) is 54.7 Å². The monoisotopic (exact) mass is 324 g/mol. The molecule has 0 unspecified atom stereocenters. The summed E-state index contributed by atoms with van der Waals surface area (Å²) in [6.07, 6.45) is 1.55. The number of pyridine rings is 1. The molecule has 0 radical (unpaired) electrons. The van der Waals surface area contributed by atoms with Gasteiger partial charge in [0.15, 0.2) is 0 Å². The molecule has 0 bridgehead atoms. The number of rotatable bonds is 4. The first-order valence-electron chi connectivity index (χ1n) is 6.79. The maximum atomic E-state index is 12.0. The third-order valence-electron chi connectivity index (χ3n) is 3.13. The normalized spacial score (nSPS) is 10.3. The highest BCUT2D eigenvalue weighted by Crippen LogP contribution is 2.27. The van der Waals surface area contributed by atoms with Crippen molar-refractivity contribution in [2.75, 3.05) is 5.32 Å². The number of thiophene rings is 1. The molecule has 0 atom stereocenters. The third kappa shape index (κ3) is 3.44. The van der Waals surface area contributed by atoms with Crippen LogP contribution in [0.4, 0.5) is 5.69 Å². The van der Waals surface area contributed by atoms with E-state index in [1.165, 1.54) is 0 Å². The molecule has 2 heterocycles. The maximum absolute atomic E-state index is 12.0. The zero-order valence-corrected chi connectivity index (χ0v) is 12.7. The molecule has 114 valence electrons. The number of nitrogens with one attached hydrogen (secondary N) is 1. The van der Waals surface area contributed by atoms with E-state index in [-0.39, 0.29) is 10.8 Å². The first kappa shape index (κ1) is 14.9. The van der Waals surface area contributed by atoms with Crippen LogP contribution in [0.3, 0.4) is 0 Å². The van der Waals surface area contributed by atoms with E-state index in [9.17, 15) is 9.59 Å². The van der Waals surface area contributed by atoms with Gasteiger partial charge in [-0.1, -0.05) is 18.2 Å². The number of hydrogen-bond donors (Lipinski definition) is 2. The number of carboxylic acid groups (broad SMARTS) is 1. The third-order valence-corrected chi connectivity index (χ3v) is 4.22. The van der Waals surface area contributed by atoms with Crippen LogP contribution in [0.2, 0.25) is 0 Å². The van der Waals surface area contributed by atoms with Crippen LogP contribution in [0.5, 0.6) is 0 Å². The van der Waals surface area contributed by atoms with Crippen molar-refractivity contribution in [2.24, 2.45) is 0 Å². The van der Waals surface area contributed by atoms with E-state index >= 15 is 0 Å². The van der Waals surface area contributed by atoms with E-state index in [2.05, 4.69) is 10.3 Å². The Morgan fingerprint density at radius 1 is 1.00 bits per heavy atom. The first-order valence-corrected chi connectivity index (χ1v) is 7.61. The minimum absolute atomic E-state index is 0.204. The fourth-order valence-electron chi connectivity index (χ4n) is 2.00. The molecule has 0 aliphatic carbocycles. The Hall–Kier alpha value is -2.99. The fraction of sp³-hybridized carbons (Fsp3) is 0. The quantitative estimate of drug-likeness (QED) is 0.766. The zero-order valence-electron chi connectivity index (χ0n) is 11.9. The number of hydrogen-bond acceptors (Lipinski definition) is 4. The second-order valence-electron chi connectivity index (χ2n) is 4.72. The smallest absolute Gasteiger partial charge is 0.345 e. The summed E-state index contributed by atoms with van der Waals surface area (Å²) < 4.78 is 0. The van der Waals surface area contributed by atoms with Crippen molar-refractivity contribution in [3.8, 4) is 10.6 Å². The topological polar surface area (TPSA) is 79.3 Å². The molecular weight excluding hydrogens is 312 g/mol. The van der Waals surface area contributed by atoms with Gasteiger partial charge < -0.3 is 10.4 Å². The molecule has 23 heavy (non-hydrogen) atoms. The minimum Gasteiger partial charge on any atom is -0.477 e. The van der Waals surface area contributed by atoms with Crippen molar-refractivity contribution in [2.45, 2.75) is 0 Å². The fourth-order valence-corrected chi connectivity index (χ4v) is 2.82. The Labute approximate surface area is 136 Å². The summed E-state index contributed by atoms with van der Waals surface area (Å²) in [6, 6.07) is 15.7. The second kappa shape index (κ2) is 6.41. The molecule has 6 heteroatoms. The number of anilines is 1. The van der Waals surface area contributed by atoms with Crippen LogP contribution in [0, 0.1) is 0 Å². The van der Waals surface area contributed by atoms with E-state index in [0.717, 1.165) is 16.2 Å². The van der Waals surface area contributed by atoms with Gasteiger partial charge in [-0.15, -0.1) is 11.3 Å². The predicted molar refractivity (Wildman–Crippen MR) is 88.9 cm³/mol. The summed E-state index contributed by atoms with van der Waals surface area (Å²) in [5, 5.41) is 11.7. The number of aromatic nitrogens is 1. The molecular formula is C17H12N2O3S. The van der Waals surface area contributed by atoms with Crippen molar-refractivity contribution >= 4 is 28.9 Å². The Morgan fingerprint density at radius 3 is 2.39 bits per heavy atom. The van der Waals surface area contributed by atoms with Gasteiger partial charge in [-0.3, -0.25) is 9.78 Å². The van der Waals surface area contributed by atoms with Crippen molar-refractivity contribution in [3.63, 3.8) is 0 Å². The predicted octanol–water partition coefficient (Wildman–Crippen LogP) is 3.76. The van der Waals surface area contributed by atoms with Crippen LogP contribution in [0.25, 0.3) is 10.6 Å². The summed E-state index contributed by atoms with van der Waals surface area (Å²) in [5.41, 5.74) is 1.82. The number of carbonyl (C=O) groups excluding carboxylic acids is 1. The summed E-state index contributed by atoms with van der Waals surface area (Å²) in [7, 11) is 0. The van der Waals surface area contributed by atoms with Gasteiger partial charge in [0.25, 0.3) is 5.91 Å². The summed E-state index contributed by atoms with van der Waals surface area (Å²) in [5.74, 6) is -1.16. The summed E-state index contributed by atoms with van der Waals surface area (Å²) in [6.45, 7) is 0. The van der Waals surface area contributed by atoms with E-state index < -0.39 is 5.97 Å². The summed E-state index contributed by atoms with van der Waals surface area (Å²) >= 11 is 1.16. The van der Waals surface area contributed by atoms with Gasteiger partial charge in [-0.05, 0) is 36.4 Å². The van der Waals surface area contributed by atoms with Gasteiger partial charge in [0.05, 0.1) is 22.5 Å². The lowest BCUT2D eigenvalue weighted by atomic mass is 10.2. The van der Waals surface area contributed by atoms with E-state index in [0.29, 0.717) is 16.9 Å². The largest absolute Gasteiger partial charge is 0.477 e. The van der Waals surface area contributed by atoms with Crippen LogP contribution in [0.15, 0.2) is 60.8 Å². The lowest BCUT2D eigenvalue weighted by Gasteiger charge is -2.05. The van der Waals surface area contributed by atoms with Gasteiger partial charge in [-0.2, -0.15) is 0 Å². The first-order chi connectivity index (χ1) is 11.1. The van der Waals surface area contributed by atoms with Gasteiger partial charge >= 0.3 is 5.97 Å². The van der Waals surface area contributed by atoms with Crippen LogP contribution < -0.4 is 5.32 Å². The molecule has 3 aromatic rings. The highest BCUT2D eigenvalue weighted by atomic mass is 32.1. The highest BCUT2D eigenvalue weighted by molar-refractivity contribution is 7.17. The molecule has 0 aliphatic heterocycles. The molecule has 1 aromatic carbocycles.